The van der Waals surface area contributed by atoms with Crippen molar-refractivity contribution in [1.29, 1.82) is 0 Å². The van der Waals surface area contributed by atoms with Crippen molar-refractivity contribution in [2.45, 2.75) is 51.9 Å². The van der Waals surface area contributed by atoms with E-state index in [0.29, 0.717) is 5.92 Å². The molecule has 1 heterocycles. The Morgan fingerprint density at radius 2 is 2.20 bits per heavy atom. The second-order valence-electron chi connectivity index (χ2n) is 6.80. The minimum atomic E-state index is 0.437. The number of aliphatic imine (C=N–C) groups is 1. The summed E-state index contributed by atoms with van der Waals surface area (Å²) in [5.74, 6) is 3.11. The van der Waals surface area contributed by atoms with Crippen LogP contribution in [0.4, 0.5) is 0 Å². The normalized spacial score (nSPS) is 33.0. The van der Waals surface area contributed by atoms with Crippen LogP contribution in [0.1, 0.15) is 51.9 Å². The van der Waals surface area contributed by atoms with Crippen molar-refractivity contribution in [2.75, 3.05) is 19.6 Å². The first-order chi connectivity index (χ1) is 9.69. The third-order valence-corrected chi connectivity index (χ3v) is 5.06. The lowest BCUT2D eigenvalue weighted by Crippen LogP contribution is -2.42. The predicted molar refractivity (Wildman–Crippen MR) is 86.7 cm³/mol. The van der Waals surface area contributed by atoms with Crippen LogP contribution in [0.15, 0.2) is 17.8 Å². The van der Waals surface area contributed by atoms with Crippen LogP contribution in [0.25, 0.3) is 0 Å². The van der Waals surface area contributed by atoms with E-state index in [1.807, 2.05) is 0 Å². The van der Waals surface area contributed by atoms with Gasteiger partial charge in [0.05, 0.1) is 0 Å². The van der Waals surface area contributed by atoms with Crippen LogP contribution in [0.5, 0.6) is 0 Å². The van der Waals surface area contributed by atoms with E-state index in [2.05, 4.69) is 23.4 Å². The molecule has 3 atom stereocenters. The smallest absolute Gasteiger partial charge is 0.103 e. The summed E-state index contributed by atoms with van der Waals surface area (Å²) < 4.78 is 0. The van der Waals surface area contributed by atoms with Gasteiger partial charge in [-0.3, -0.25) is 0 Å². The highest BCUT2D eigenvalue weighted by Gasteiger charge is 2.24. The molecule has 0 amide bonds. The minimum absolute atomic E-state index is 0.437. The maximum Gasteiger partial charge on any atom is 0.103 e. The summed E-state index contributed by atoms with van der Waals surface area (Å²) in [6, 6.07) is 0. The van der Waals surface area contributed by atoms with Gasteiger partial charge in [0.15, 0.2) is 0 Å². The first kappa shape index (κ1) is 15.6. The van der Waals surface area contributed by atoms with Gasteiger partial charge in [0.1, 0.15) is 5.84 Å². The Kier molecular flexibility index (Phi) is 6.08. The fraction of sp³-hybridized carbons (Fsp3) is 0.824. The number of rotatable bonds is 5. The predicted octanol–water partition coefficient (Wildman–Crippen LogP) is 3.42. The van der Waals surface area contributed by atoms with Crippen LogP contribution in [-0.4, -0.2) is 30.4 Å². The zero-order valence-corrected chi connectivity index (χ0v) is 13.1. The Labute approximate surface area is 124 Å². The molecule has 2 aliphatic rings. The van der Waals surface area contributed by atoms with Gasteiger partial charge in [-0.2, -0.15) is 0 Å². The van der Waals surface area contributed by atoms with Crippen LogP contribution in [0, 0.1) is 17.8 Å². The number of nitrogens with zero attached hydrogens (tertiary/aromatic N) is 2. The van der Waals surface area contributed by atoms with Crippen molar-refractivity contribution in [3.8, 4) is 0 Å². The Bertz CT molecular complexity index is 337. The van der Waals surface area contributed by atoms with E-state index in [9.17, 15) is 0 Å². The summed E-state index contributed by atoms with van der Waals surface area (Å²) in [5.41, 5.74) is 6.03. The molecule has 2 N–H and O–H groups in total. The zero-order chi connectivity index (χ0) is 14.4. The van der Waals surface area contributed by atoms with Crippen molar-refractivity contribution in [3.05, 3.63) is 12.8 Å². The molecular formula is C17H31N3. The van der Waals surface area contributed by atoms with Gasteiger partial charge in [-0.1, -0.05) is 32.8 Å². The van der Waals surface area contributed by atoms with Crippen LogP contribution in [0.2, 0.25) is 0 Å². The monoisotopic (exact) mass is 277 g/mol. The maximum absolute atomic E-state index is 6.03. The Balaban J connectivity index is 1.75. The molecule has 1 saturated heterocycles. The molecule has 3 heteroatoms. The molecule has 0 radical (unpaired) electrons. The van der Waals surface area contributed by atoms with E-state index < -0.39 is 0 Å². The molecule has 1 aliphatic carbocycles. The molecule has 0 aromatic carbocycles. The highest BCUT2D eigenvalue weighted by Crippen LogP contribution is 2.31. The van der Waals surface area contributed by atoms with Gasteiger partial charge in [0.25, 0.3) is 0 Å². The number of piperidine rings is 1. The summed E-state index contributed by atoms with van der Waals surface area (Å²) in [6.45, 7) is 9.62. The molecule has 2 fully saturated rings. The van der Waals surface area contributed by atoms with Gasteiger partial charge in [-0.15, -0.1) is 0 Å². The molecule has 20 heavy (non-hydrogen) atoms. The Hall–Kier alpha value is -0.830. The molecular weight excluding hydrogens is 246 g/mol. The van der Waals surface area contributed by atoms with Gasteiger partial charge in [0.2, 0.25) is 0 Å². The van der Waals surface area contributed by atoms with E-state index in [4.69, 9.17) is 5.73 Å². The standard InChI is InChI=1S/C17H31N3/c1-3-19-17(18)16-8-5-10-20(13-16)11-9-15-7-4-6-14(2)12-15/h3,14-16H,1,4-13H2,2H3,(H2,18,19). The number of hydrogen-bond acceptors (Lipinski definition) is 2. The van der Waals surface area contributed by atoms with Crippen molar-refractivity contribution >= 4 is 5.84 Å². The van der Waals surface area contributed by atoms with E-state index >= 15 is 0 Å². The van der Waals surface area contributed by atoms with Crippen molar-refractivity contribution in [3.63, 3.8) is 0 Å². The third kappa shape index (κ3) is 4.62. The van der Waals surface area contributed by atoms with Crippen LogP contribution in [0.3, 0.4) is 0 Å². The van der Waals surface area contributed by atoms with Gasteiger partial charge >= 0.3 is 0 Å². The number of hydrogen-bond donors (Lipinski definition) is 1. The lowest BCUT2D eigenvalue weighted by atomic mass is 9.80. The van der Waals surface area contributed by atoms with Crippen molar-refractivity contribution in [2.24, 2.45) is 28.5 Å². The Morgan fingerprint density at radius 3 is 2.95 bits per heavy atom. The number of likely N-dealkylation sites (tertiary alicyclic amines) is 1. The molecule has 2 rings (SSSR count). The minimum Gasteiger partial charge on any atom is -0.387 e. The lowest BCUT2D eigenvalue weighted by molar-refractivity contribution is 0.173. The molecule has 3 nitrogen and oxygen atoms in total. The molecule has 0 aromatic heterocycles. The van der Waals surface area contributed by atoms with Crippen LogP contribution in [-0.2, 0) is 0 Å². The summed E-state index contributed by atoms with van der Waals surface area (Å²) in [7, 11) is 0. The molecule has 1 aliphatic heterocycles. The summed E-state index contributed by atoms with van der Waals surface area (Å²) >= 11 is 0. The summed E-state index contributed by atoms with van der Waals surface area (Å²) in [6.07, 6.45) is 11.1. The molecule has 0 spiro atoms. The summed E-state index contributed by atoms with van der Waals surface area (Å²) in [4.78, 5) is 6.77. The quantitative estimate of drug-likeness (QED) is 0.618. The van der Waals surface area contributed by atoms with Gasteiger partial charge in [0, 0.05) is 18.7 Å². The first-order valence-electron chi connectivity index (χ1n) is 8.35. The number of nitrogens with two attached hydrogens (primary N) is 1. The highest BCUT2D eigenvalue weighted by molar-refractivity contribution is 5.83. The summed E-state index contributed by atoms with van der Waals surface area (Å²) in [5, 5.41) is 0. The van der Waals surface area contributed by atoms with E-state index in [-0.39, 0.29) is 0 Å². The second kappa shape index (κ2) is 7.82. The average molecular weight is 277 g/mol. The third-order valence-electron chi connectivity index (χ3n) is 5.06. The highest BCUT2D eigenvalue weighted by atomic mass is 15.1. The van der Waals surface area contributed by atoms with Gasteiger partial charge in [-0.25, -0.2) is 4.99 Å². The second-order valence-corrected chi connectivity index (χ2v) is 6.80. The van der Waals surface area contributed by atoms with Gasteiger partial charge < -0.3 is 10.6 Å². The molecule has 0 aromatic rings. The molecule has 114 valence electrons. The lowest BCUT2D eigenvalue weighted by Gasteiger charge is -2.34. The topological polar surface area (TPSA) is 41.6 Å². The van der Waals surface area contributed by atoms with Gasteiger partial charge in [-0.05, 0) is 50.6 Å². The molecule has 1 saturated carbocycles. The average Bonchev–Trinajstić information content (AvgIpc) is 2.46. The van der Waals surface area contributed by atoms with E-state index in [0.717, 1.165) is 24.2 Å². The fourth-order valence-corrected chi connectivity index (χ4v) is 3.90. The van der Waals surface area contributed by atoms with Crippen molar-refractivity contribution in [1.82, 2.24) is 4.90 Å². The Morgan fingerprint density at radius 1 is 1.35 bits per heavy atom. The van der Waals surface area contributed by atoms with Crippen LogP contribution >= 0.6 is 0 Å². The van der Waals surface area contributed by atoms with Crippen molar-refractivity contribution < 1.29 is 0 Å². The number of amidine groups is 1. The SMILES string of the molecule is C=CN=C(N)C1CCCN(CCC2CCCC(C)C2)C1. The maximum atomic E-state index is 6.03. The fourth-order valence-electron chi connectivity index (χ4n) is 3.90. The van der Waals surface area contributed by atoms with Crippen LogP contribution < -0.4 is 5.73 Å². The van der Waals surface area contributed by atoms with E-state index in [1.54, 1.807) is 6.20 Å². The molecule has 0 bridgehead atoms. The zero-order valence-electron chi connectivity index (χ0n) is 13.1. The first-order valence-corrected chi connectivity index (χ1v) is 8.35. The van der Waals surface area contributed by atoms with E-state index in [1.165, 1.54) is 58.0 Å². The molecule has 3 unspecified atom stereocenters. The largest absolute Gasteiger partial charge is 0.387 e.